The molecule has 27 heavy (non-hydrogen) atoms. The monoisotopic (exact) mass is 361 g/mol. The maximum absolute atomic E-state index is 12.9. The third kappa shape index (κ3) is 4.05. The van der Waals surface area contributed by atoms with Crippen molar-refractivity contribution in [3.05, 3.63) is 72.6 Å². The fourth-order valence-electron chi connectivity index (χ4n) is 3.71. The van der Waals surface area contributed by atoms with Gasteiger partial charge in [0.05, 0.1) is 6.04 Å². The third-order valence-electron chi connectivity index (χ3n) is 5.17. The van der Waals surface area contributed by atoms with Crippen LogP contribution in [0.5, 0.6) is 0 Å². The average molecular weight is 361 g/mol. The Balaban J connectivity index is 1.39. The van der Waals surface area contributed by atoms with Crippen molar-refractivity contribution >= 4 is 5.91 Å². The van der Waals surface area contributed by atoms with E-state index in [2.05, 4.69) is 33.4 Å². The molecule has 6 nitrogen and oxygen atoms in total. The standard InChI is InChI=1S/C21H23N5O/c27-21(26-13-2-1-5-20(26)18-4-3-12-22-14-18)11-8-17-6-9-19(10-7-17)25-15-23-24-16-25/h3-4,6-7,9-10,12,14-16,20H,1-2,5,8,11,13H2/t20-/m0/s1. The van der Waals surface area contributed by atoms with Crippen LogP contribution < -0.4 is 0 Å². The molecule has 1 atom stereocenters. The van der Waals surface area contributed by atoms with Crippen LogP contribution >= 0.6 is 0 Å². The van der Waals surface area contributed by atoms with Crippen LogP contribution in [-0.4, -0.2) is 37.1 Å². The minimum absolute atomic E-state index is 0.163. The van der Waals surface area contributed by atoms with Gasteiger partial charge in [0.2, 0.25) is 5.91 Å². The van der Waals surface area contributed by atoms with E-state index in [1.165, 1.54) is 0 Å². The van der Waals surface area contributed by atoms with Crippen molar-refractivity contribution < 1.29 is 4.79 Å². The Morgan fingerprint density at radius 3 is 2.63 bits per heavy atom. The highest BCUT2D eigenvalue weighted by molar-refractivity contribution is 5.77. The molecule has 0 bridgehead atoms. The topological polar surface area (TPSA) is 63.9 Å². The molecule has 1 aliphatic rings. The number of pyridine rings is 1. The number of carbonyl (C=O) groups excluding carboxylic acids is 1. The Bertz CT molecular complexity index is 861. The SMILES string of the molecule is O=C(CCc1ccc(-n2cnnc2)cc1)N1CCCC[C@H]1c1cccnc1. The highest BCUT2D eigenvalue weighted by atomic mass is 16.2. The number of likely N-dealkylation sites (tertiary alicyclic amines) is 1. The molecular formula is C21H23N5O. The van der Waals surface area contributed by atoms with E-state index in [9.17, 15) is 4.79 Å². The molecule has 4 rings (SSSR count). The van der Waals surface area contributed by atoms with Crippen LogP contribution in [-0.2, 0) is 11.2 Å². The molecule has 1 aromatic carbocycles. The molecule has 0 spiro atoms. The van der Waals surface area contributed by atoms with Crippen molar-refractivity contribution in [2.24, 2.45) is 0 Å². The fourth-order valence-corrected chi connectivity index (χ4v) is 3.71. The van der Waals surface area contributed by atoms with E-state index in [1.807, 2.05) is 33.9 Å². The second-order valence-corrected chi connectivity index (χ2v) is 6.92. The zero-order chi connectivity index (χ0) is 18.5. The van der Waals surface area contributed by atoms with Gasteiger partial charge >= 0.3 is 0 Å². The highest BCUT2D eigenvalue weighted by Crippen LogP contribution is 2.31. The van der Waals surface area contributed by atoms with Gasteiger partial charge in [0.15, 0.2) is 0 Å². The average Bonchev–Trinajstić information content (AvgIpc) is 3.28. The summed E-state index contributed by atoms with van der Waals surface area (Å²) in [7, 11) is 0. The van der Waals surface area contributed by atoms with Gasteiger partial charge in [-0.05, 0) is 55.0 Å². The van der Waals surface area contributed by atoms with E-state index in [0.717, 1.165) is 49.0 Å². The molecular weight excluding hydrogens is 338 g/mol. The zero-order valence-electron chi connectivity index (χ0n) is 15.2. The van der Waals surface area contributed by atoms with Crippen LogP contribution in [0.15, 0.2) is 61.4 Å². The van der Waals surface area contributed by atoms with Gasteiger partial charge in [-0.3, -0.25) is 14.3 Å². The summed E-state index contributed by atoms with van der Waals surface area (Å²) in [4.78, 5) is 19.2. The quantitative estimate of drug-likeness (QED) is 0.699. The lowest BCUT2D eigenvalue weighted by Gasteiger charge is -2.36. The van der Waals surface area contributed by atoms with Gasteiger partial charge < -0.3 is 4.90 Å². The molecule has 0 unspecified atom stereocenters. The molecule has 2 aromatic heterocycles. The van der Waals surface area contributed by atoms with E-state index in [1.54, 1.807) is 18.9 Å². The molecule has 1 saturated heterocycles. The third-order valence-corrected chi connectivity index (χ3v) is 5.17. The lowest BCUT2D eigenvalue weighted by Crippen LogP contribution is -2.38. The largest absolute Gasteiger partial charge is 0.336 e. The van der Waals surface area contributed by atoms with Gasteiger partial charge in [-0.1, -0.05) is 18.2 Å². The predicted octanol–water partition coefficient (Wildman–Crippen LogP) is 3.35. The van der Waals surface area contributed by atoms with Gasteiger partial charge in [0, 0.05) is 31.0 Å². The van der Waals surface area contributed by atoms with Crippen LogP contribution in [0.1, 0.15) is 42.9 Å². The van der Waals surface area contributed by atoms with Crippen molar-refractivity contribution in [1.82, 2.24) is 24.6 Å². The maximum atomic E-state index is 12.9. The molecule has 0 N–H and O–H groups in total. The van der Waals surface area contributed by atoms with Crippen molar-refractivity contribution in [3.8, 4) is 5.69 Å². The van der Waals surface area contributed by atoms with E-state index >= 15 is 0 Å². The Morgan fingerprint density at radius 1 is 1.07 bits per heavy atom. The summed E-state index contributed by atoms with van der Waals surface area (Å²) in [6.45, 7) is 0.838. The van der Waals surface area contributed by atoms with Crippen LogP contribution in [0.3, 0.4) is 0 Å². The van der Waals surface area contributed by atoms with Gasteiger partial charge in [0.1, 0.15) is 12.7 Å². The number of piperidine rings is 1. The van der Waals surface area contributed by atoms with Crippen molar-refractivity contribution in [2.45, 2.75) is 38.1 Å². The molecule has 1 aliphatic heterocycles. The van der Waals surface area contributed by atoms with E-state index in [4.69, 9.17) is 0 Å². The van der Waals surface area contributed by atoms with Crippen LogP contribution in [0.4, 0.5) is 0 Å². The summed E-state index contributed by atoms with van der Waals surface area (Å²) in [6.07, 6.45) is 11.6. The van der Waals surface area contributed by atoms with Crippen LogP contribution in [0.25, 0.3) is 5.69 Å². The minimum Gasteiger partial charge on any atom is -0.336 e. The van der Waals surface area contributed by atoms with Crippen molar-refractivity contribution in [1.29, 1.82) is 0 Å². The number of aromatic nitrogens is 4. The normalized spacial score (nSPS) is 17.0. The molecule has 1 fully saturated rings. The van der Waals surface area contributed by atoms with Gasteiger partial charge in [-0.25, -0.2) is 0 Å². The fraction of sp³-hybridized carbons (Fsp3) is 0.333. The van der Waals surface area contributed by atoms with Gasteiger partial charge in [-0.2, -0.15) is 0 Å². The molecule has 6 heteroatoms. The predicted molar refractivity (Wildman–Crippen MR) is 102 cm³/mol. The molecule has 1 amide bonds. The van der Waals surface area contributed by atoms with Crippen LogP contribution in [0.2, 0.25) is 0 Å². The molecule has 138 valence electrons. The van der Waals surface area contributed by atoms with Crippen molar-refractivity contribution in [3.63, 3.8) is 0 Å². The first-order chi connectivity index (χ1) is 13.3. The Morgan fingerprint density at radius 2 is 1.89 bits per heavy atom. The van der Waals surface area contributed by atoms with Crippen LogP contribution in [0, 0.1) is 0 Å². The molecule has 3 heterocycles. The van der Waals surface area contributed by atoms with Gasteiger partial charge in [0.25, 0.3) is 0 Å². The van der Waals surface area contributed by atoms with E-state index < -0.39 is 0 Å². The molecule has 0 saturated carbocycles. The van der Waals surface area contributed by atoms with E-state index in [-0.39, 0.29) is 11.9 Å². The highest BCUT2D eigenvalue weighted by Gasteiger charge is 2.27. The first-order valence-electron chi connectivity index (χ1n) is 9.44. The molecule has 0 aliphatic carbocycles. The molecule has 3 aromatic rings. The minimum atomic E-state index is 0.163. The summed E-state index contributed by atoms with van der Waals surface area (Å²) in [5.74, 6) is 0.228. The number of hydrogen-bond donors (Lipinski definition) is 0. The number of rotatable bonds is 5. The van der Waals surface area contributed by atoms with E-state index in [0.29, 0.717) is 6.42 Å². The maximum Gasteiger partial charge on any atom is 0.223 e. The molecule has 0 radical (unpaired) electrons. The second kappa shape index (κ2) is 8.12. The lowest BCUT2D eigenvalue weighted by atomic mass is 9.95. The summed E-state index contributed by atoms with van der Waals surface area (Å²) in [5, 5.41) is 7.65. The first-order valence-corrected chi connectivity index (χ1v) is 9.44. The zero-order valence-corrected chi connectivity index (χ0v) is 15.2. The lowest BCUT2D eigenvalue weighted by molar-refractivity contribution is -0.135. The number of nitrogens with zero attached hydrogens (tertiary/aromatic N) is 5. The van der Waals surface area contributed by atoms with Crippen molar-refractivity contribution in [2.75, 3.05) is 6.54 Å². The van der Waals surface area contributed by atoms with Gasteiger partial charge in [-0.15, -0.1) is 10.2 Å². The number of aryl methyl sites for hydroxylation is 1. The number of carbonyl (C=O) groups is 1. The summed E-state index contributed by atoms with van der Waals surface area (Å²) in [6, 6.07) is 12.4. The Labute approximate surface area is 158 Å². The summed E-state index contributed by atoms with van der Waals surface area (Å²) in [5.41, 5.74) is 3.32. The smallest absolute Gasteiger partial charge is 0.223 e. The summed E-state index contributed by atoms with van der Waals surface area (Å²) >= 11 is 0. The number of amides is 1. The first kappa shape index (κ1) is 17.4. The number of hydrogen-bond acceptors (Lipinski definition) is 4. The second-order valence-electron chi connectivity index (χ2n) is 6.92. The number of benzene rings is 1. The Hall–Kier alpha value is -3.02. The summed E-state index contributed by atoms with van der Waals surface area (Å²) < 4.78 is 1.86. The Kier molecular flexibility index (Phi) is 5.23.